The number of benzene rings is 2. The molecule has 0 aliphatic carbocycles. The lowest BCUT2D eigenvalue weighted by Gasteiger charge is -2.11. The fourth-order valence-electron chi connectivity index (χ4n) is 2.22. The molecular weight excluding hydrogens is 234 g/mol. The molecule has 2 aromatic carbocycles. The molecule has 0 unspecified atom stereocenters. The highest BCUT2D eigenvalue weighted by Crippen LogP contribution is 2.22. The molecule has 0 saturated carbocycles. The largest absolute Gasteiger partial charge is 0.382 e. The predicted octanol–water partition coefficient (Wildman–Crippen LogP) is 3.62. The highest BCUT2D eigenvalue weighted by atomic mass is 16.3. The first-order valence-electron chi connectivity index (χ1n) is 6.34. The van der Waals surface area contributed by atoms with Crippen molar-refractivity contribution in [3.63, 3.8) is 0 Å². The van der Waals surface area contributed by atoms with Gasteiger partial charge in [-0.25, -0.2) is 4.98 Å². The second-order valence-electron chi connectivity index (χ2n) is 4.75. The van der Waals surface area contributed by atoms with Gasteiger partial charge in [0.05, 0.1) is 11.2 Å². The van der Waals surface area contributed by atoms with Crippen LogP contribution in [-0.2, 0) is 0 Å². The van der Waals surface area contributed by atoms with Gasteiger partial charge in [0, 0.05) is 5.39 Å². The zero-order valence-electron chi connectivity index (χ0n) is 10.7. The Hall–Kier alpha value is -2.19. The molecule has 94 valence electrons. The number of aryl methyl sites for hydroxylation is 1. The maximum atomic E-state index is 10.3. The Bertz CT molecular complexity index is 707. The fourth-order valence-corrected chi connectivity index (χ4v) is 2.22. The van der Waals surface area contributed by atoms with Crippen LogP contribution in [0, 0.1) is 6.92 Å². The number of hydrogen-bond acceptors (Lipinski definition) is 2. The second-order valence-corrected chi connectivity index (χ2v) is 4.75. The van der Waals surface area contributed by atoms with Crippen LogP contribution >= 0.6 is 0 Å². The predicted molar refractivity (Wildman–Crippen MR) is 77.0 cm³/mol. The molecule has 3 rings (SSSR count). The first kappa shape index (κ1) is 11.9. The summed E-state index contributed by atoms with van der Waals surface area (Å²) in [4.78, 5) is 4.54. The van der Waals surface area contributed by atoms with Crippen molar-refractivity contribution in [2.45, 2.75) is 13.0 Å². The number of aliphatic hydroxyl groups is 1. The van der Waals surface area contributed by atoms with Crippen molar-refractivity contribution in [2.24, 2.45) is 0 Å². The van der Waals surface area contributed by atoms with Crippen LogP contribution in [0.15, 0.2) is 60.7 Å². The van der Waals surface area contributed by atoms with Crippen LogP contribution in [0.2, 0.25) is 0 Å². The Morgan fingerprint density at radius 3 is 2.53 bits per heavy atom. The molecule has 19 heavy (non-hydrogen) atoms. The van der Waals surface area contributed by atoms with Gasteiger partial charge in [-0.1, -0.05) is 48.0 Å². The van der Waals surface area contributed by atoms with Crippen molar-refractivity contribution in [3.05, 3.63) is 77.5 Å². The molecule has 1 heterocycles. The van der Waals surface area contributed by atoms with E-state index in [9.17, 15) is 5.11 Å². The van der Waals surface area contributed by atoms with E-state index in [4.69, 9.17) is 0 Å². The molecule has 1 N–H and O–H groups in total. The molecule has 0 amide bonds. The molecule has 1 aromatic heterocycles. The van der Waals surface area contributed by atoms with E-state index in [-0.39, 0.29) is 0 Å². The normalized spacial score (nSPS) is 12.5. The summed E-state index contributed by atoms with van der Waals surface area (Å²) in [6, 6.07) is 19.6. The third-order valence-corrected chi connectivity index (χ3v) is 3.26. The fraction of sp³-hybridized carbons (Fsp3) is 0.118. The monoisotopic (exact) mass is 249 g/mol. The second kappa shape index (κ2) is 4.82. The average molecular weight is 249 g/mol. The van der Waals surface area contributed by atoms with Crippen molar-refractivity contribution in [2.75, 3.05) is 0 Å². The molecule has 0 aliphatic rings. The van der Waals surface area contributed by atoms with Gasteiger partial charge >= 0.3 is 0 Å². The minimum atomic E-state index is -0.674. The van der Waals surface area contributed by atoms with E-state index in [0.717, 1.165) is 16.5 Å². The number of nitrogens with zero attached hydrogens (tertiary/aromatic N) is 1. The van der Waals surface area contributed by atoms with Crippen LogP contribution < -0.4 is 0 Å². The van der Waals surface area contributed by atoms with Gasteiger partial charge < -0.3 is 5.11 Å². The zero-order chi connectivity index (χ0) is 13.2. The molecular formula is C17H15NO. The maximum Gasteiger partial charge on any atom is 0.121 e. The Kier molecular flexibility index (Phi) is 3.02. The topological polar surface area (TPSA) is 33.1 Å². The molecule has 0 saturated heterocycles. The number of aliphatic hydroxyl groups excluding tert-OH is 1. The number of fused-ring (bicyclic) bond motifs is 1. The van der Waals surface area contributed by atoms with Crippen molar-refractivity contribution in [1.82, 2.24) is 4.98 Å². The molecule has 0 spiro atoms. The van der Waals surface area contributed by atoms with E-state index in [1.165, 1.54) is 5.56 Å². The SMILES string of the molecule is Cc1ccc2nc([C@H](O)c3ccccc3)ccc2c1. The van der Waals surface area contributed by atoms with Crippen molar-refractivity contribution < 1.29 is 5.11 Å². The minimum Gasteiger partial charge on any atom is -0.382 e. The Morgan fingerprint density at radius 1 is 0.947 bits per heavy atom. The number of hydrogen-bond donors (Lipinski definition) is 1. The van der Waals surface area contributed by atoms with Gasteiger partial charge in [0.1, 0.15) is 6.10 Å². The van der Waals surface area contributed by atoms with E-state index in [0.29, 0.717) is 5.69 Å². The molecule has 0 bridgehead atoms. The number of pyridine rings is 1. The average Bonchev–Trinajstić information content (AvgIpc) is 2.47. The molecule has 2 heteroatoms. The zero-order valence-corrected chi connectivity index (χ0v) is 10.7. The van der Waals surface area contributed by atoms with Gasteiger partial charge in [-0.15, -0.1) is 0 Å². The first-order chi connectivity index (χ1) is 9.24. The quantitative estimate of drug-likeness (QED) is 0.752. The van der Waals surface area contributed by atoms with Crippen LogP contribution in [0.4, 0.5) is 0 Å². The van der Waals surface area contributed by atoms with Gasteiger partial charge in [0.15, 0.2) is 0 Å². The number of rotatable bonds is 2. The van der Waals surface area contributed by atoms with Crippen molar-refractivity contribution in [3.8, 4) is 0 Å². The maximum absolute atomic E-state index is 10.3. The van der Waals surface area contributed by atoms with Crippen LogP contribution in [0.5, 0.6) is 0 Å². The molecule has 2 nitrogen and oxygen atoms in total. The lowest BCUT2D eigenvalue weighted by molar-refractivity contribution is 0.216. The van der Waals surface area contributed by atoms with Crippen molar-refractivity contribution >= 4 is 10.9 Å². The van der Waals surface area contributed by atoms with Gasteiger partial charge in [0.2, 0.25) is 0 Å². The van der Waals surface area contributed by atoms with Crippen LogP contribution in [0.25, 0.3) is 10.9 Å². The Morgan fingerprint density at radius 2 is 1.74 bits per heavy atom. The molecule has 0 aliphatic heterocycles. The summed E-state index contributed by atoms with van der Waals surface area (Å²) in [6.07, 6.45) is -0.674. The number of aromatic nitrogens is 1. The van der Waals surface area contributed by atoms with E-state index in [1.54, 1.807) is 0 Å². The Labute approximate surface area is 112 Å². The molecule has 1 atom stereocenters. The summed E-state index contributed by atoms with van der Waals surface area (Å²) in [5, 5.41) is 11.4. The van der Waals surface area contributed by atoms with Crippen LogP contribution in [-0.4, -0.2) is 10.1 Å². The highest BCUT2D eigenvalue weighted by molar-refractivity contribution is 5.79. The van der Waals surface area contributed by atoms with Gasteiger partial charge in [0.25, 0.3) is 0 Å². The summed E-state index contributed by atoms with van der Waals surface area (Å²) >= 11 is 0. The lowest BCUT2D eigenvalue weighted by Crippen LogP contribution is -2.02. The van der Waals surface area contributed by atoms with E-state index in [1.807, 2.05) is 54.6 Å². The summed E-state index contributed by atoms with van der Waals surface area (Å²) in [5.74, 6) is 0. The Balaban J connectivity index is 2.04. The molecule has 0 fully saturated rings. The van der Waals surface area contributed by atoms with Crippen LogP contribution in [0.1, 0.15) is 22.9 Å². The van der Waals surface area contributed by atoms with E-state index in [2.05, 4.69) is 18.0 Å². The van der Waals surface area contributed by atoms with Gasteiger partial charge in [-0.3, -0.25) is 0 Å². The lowest BCUT2D eigenvalue weighted by atomic mass is 10.0. The summed E-state index contributed by atoms with van der Waals surface area (Å²) < 4.78 is 0. The van der Waals surface area contributed by atoms with Gasteiger partial charge in [-0.05, 0) is 30.7 Å². The van der Waals surface area contributed by atoms with E-state index < -0.39 is 6.10 Å². The van der Waals surface area contributed by atoms with E-state index >= 15 is 0 Å². The summed E-state index contributed by atoms with van der Waals surface area (Å²) in [5.41, 5.74) is 3.67. The third-order valence-electron chi connectivity index (χ3n) is 3.26. The van der Waals surface area contributed by atoms with Gasteiger partial charge in [-0.2, -0.15) is 0 Å². The summed E-state index contributed by atoms with van der Waals surface area (Å²) in [6.45, 7) is 2.06. The first-order valence-corrected chi connectivity index (χ1v) is 6.34. The highest BCUT2D eigenvalue weighted by Gasteiger charge is 2.11. The minimum absolute atomic E-state index is 0.674. The molecule has 3 aromatic rings. The third kappa shape index (κ3) is 2.35. The smallest absolute Gasteiger partial charge is 0.121 e. The van der Waals surface area contributed by atoms with Crippen LogP contribution in [0.3, 0.4) is 0 Å². The summed E-state index contributed by atoms with van der Waals surface area (Å²) in [7, 11) is 0. The standard InChI is InChI=1S/C17H15NO/c1-12-7-9-15-14(11-12)8-10-16(18-15)17(19)13-5-3-2-4-6-13/h2-11,17,19H,1H3/t17-/m1/s1. The van der Waals surface area contributed by atoms with Crippen molar-refractivity contribution in [1.29, 1.82) is 0 Å². The molecule has 0 radical (unpaired) electrons.